The van der Waals surface area contributed by atoms with Crippen molar-refractivity contribution < 1.29 is 12.6 Å². The van der Waals surface area contributed by atoms with Crippen LogP contribution in [-0.2, 0) is 4.79 Å². The zero-order chi connectivity index (χ0) is 16.0. The van der Waals surface area contributed by atoms with Crippen molar-refractivity contribution in [3.8, 4) is 0 Å². The maximum absolute atomic E-state index is 10.4. The SMILES string of the molecule is [2H]C([2H])(CCCCCCCCCCCCC)CCC(=O)O. The smallest absolute Gasteiger partial charge is 0.303 e. The summed E-state index contributed by atoms with van der Waals surface area (Å²) in [7, 11) is 0. The van der Waals surface area contributed by atoms with Crippen LogP contribution in [0.4, 0.5) is 0 Å². The van der Waals surface area contributed by atoms with Gasteiger partial charge in [-0.05, 0) is 6.42 Å². The molecule has 0 aliphatic heterocycles. The lowest BCUT2D eigenvalue weighted by Gasteiger charge is -2.02. The summed E-state index contributed by atoms with van der Waals surface area (Å²) in [6.45, 7) is 2.24. The summed E-state index contributed by atoms with van der Waals surface area (Å²) in [5.74, 6) is -0.905. The van der Waals surface area contributed by atoms with Gasteiger partial charge in [-0.25, -0.2) is 0 Å². The van der Waals surface area contributed by atoms with Gasteiger partial charge in [0.15, 0.2) is 0 Å². The summed E-state index contributed by atoms with van der Waals surface area (Å²) >= 11 is 0. The summed E-state index contributed by atoms with van der Waals surface area (Å²) < 4.78 is 15.5. The van der Waals surface area contributed by atoms with E-state index in [-0.39, 0.29) is 12.8 Å². The number of carboxylic acid groups (broad SMARTS) is 1. The molecule has 0 saturated heterocycles. The summed E-state index contributed by atoms with van der Waals surface area (Å²) in [5, 5.41) is 8.57. The second kappa shape index (κ2) is 15.5. The summed E-state index contributed by atoms with van der Waals surface area (Å²) in [4.78, 5) is 10.4. The Bertz CT molecular complexity index is 255. The Morgan fingerprint density at radius 2 is 1.21 bits per heavy atom. The third-order valence-corrected chi connectivity index (χ3v) is 3.47. The average Bonchev–Trinajstić information content (AvgIpc) is 2.43. The zero-order valence-electron chi connectivity index (χ0n) is 14.8. The van der Waals surface area contributed by atoms with E-state index in [1.807, 2.05) is 0 Å². The molecule has 0 fully saturated rings. The first-order valence-corrected chi connectivity index (χ1v) is 8.20. The quantitative estimate of drug-likeness (QED) is 0.374. The van der Waals surface area contributed by atoms with Gasteiger partial charge in [-0.3, -0.25) is 4.79 Å². The molecule has 0 aromatic rings. The van der Waals surface area contributed by atoms with E-state index < -0.39 is 12.3 Å². The van der Waals surface area contributed by atoms with Gasteiger partial charge in [0.25, 0.3) is 0 Å². The number of carbonyl (C=O) groups is 1. The number of hydrogen-bond acceptors (Lipinski definition) is 1. The topological polar surface area (TPSA) is 37.3 Å². The van der Waals surface area contributed by atoms with Crippen LogP contribution >= 0.6 is 0 Å². The van der Waals surface area contributed by atoms with Gasteiger partial charge in [0, 0.05) is 9.16 Å². The van der Waals surface area contributed by atoms with Crippen molar-refractivity contribution in [2.75, 3.05) is 0 Å². The minimum atomic E-state index is -1.31. The van der Waals surface area contributed by atoms with Gasteiger partial charge in [-0.1, -0.05) is 90.3 Å². The Kier molecular flexibility index (Phi) is 12.2. The standard InChI is InChI=1S/C17H34O2/c1-2-3-4-5-6-7-8-9-10-11-12-13-14-15-16-17(18)19/h2-16H2,1H3,(H,18,19)/i14D2. The maximum atomic E-state index is 10.4. The fourth-order valence-electron chi connectivity index (χ4n) is 2.23. The lowest BCUT2D eigenvalue weighted by Crippen LogP contribution is -1.93. The Balaban J connectivity index is 3.29. The van der Waals surface area contributed by atoms with Crippen LogP contribution in [0.2, 0.25) is 0 Å². The summed E-state index contributed by atoms with van der Waals surface area (Å²) in [5.41, 5.74) is 0. The highest BCUT2D eigenvalue weighted by Crippen LogP contribution is 2.13. The van der Waals surface area contributed by atoms with Crippen molar-refractivity contribution in [3.05, 3.63) is 0 Å². The van der Waals surface area contributed by atoms with Crippen LogP contribution in [0.5, 0.6) is 0 Å². The molecule has 0 aromatic heterocycles. The van der Waals surface area contributed by atoms with E-state index in [4.69, 9.17) is 7.85 Å². The van der Waals surface area contributed by atoms with Crippen molar-refractivity contribution in [2.45, 2.75) is 103 Å². The van der Waals surface area contributed by atoms with Crippen molar-refractivity contribution in [1.29, 1.82) is 0 Å². The maximum Gasteiger partial charge on any atom is 0.303 e. The molecule has 114 valence electrons. The molecular formula is C17H34O2. The summed E-state index contributed by atoms with van der Waals surface area (Å²) in [6.07, 6.45) is 13.1. The highest BCUT2D eigenvalue weighted by atomic mass is 16.4. The minimum absolute atomic E-state index is 0.0645. The van der Waals surface area contributed by atoms with Gasteiger partial charge >= 0.3 is 5.97 Å². The van der Waals surface area contributed by atoms with Crippen molar-refractivity contribution in [1.82, 2.24) is 0 Å². The van der Waals surface area contributed by atoms with Crippen LogP contribution in [0.15, 0.2) is 0 Å². The first kappa shape index (κ1) is 14.9. The van der Waals surface area contributed by atoms with E-state index >= 15 is 0 Å². The molecular weight excluding hydrogens is 236 g/mol. The third kappa shape index (κ3) is 17.5. The molecule has 0 rings (SSSR count). The minimum Gasteiger partial charge on any atom is -0.481 e. The van der Waals surface area contributed by atoms with E-state index in [9.17, 15) is 4.79 Å². The molecule has 0 unspecified atom stereocenters. The largest absolute Gasteiger partial charge is 0.481 e. The van der Waals surface area contributed by atoms with E-state index in [1.165, 1.54) is 57.8 Å². The third-order valence-electron chi connectivity index (χ3n) is 3.47. The summed E-state index contributed by atoms with van der Waals surface area (Å²) in [6, 6.07) is 0. The molecule has 0 bridgehead atoms. The van der Waals surface area contributed by atoms with Gasteiger partial charge in [0.05, 0.1) is 0 Å². The monoisotopic (exact) mass is 272 g/mol. The lowest BCUT2D eigenvalue weighted by atomic mass is 10.0. The number of unbranched alkanes of at least 4 members (excludes halogenated alkanes) is 10. The van der Waals surface area contributed by atoms with Gasteiger partial charge in [-0.2, -0.15) is 0 Å². The molecule has 0 radical (unpaired) electrons. The normalized spacial score (nSPS) is 13.1. The lowest BCUT2D eigenvalue weighted by molar-refractivity contribution is -0.137. The molecule has 0 atom stereocenters. The molecule has 0 aliphatic carbocycles. The molecule has 2 heteroatoms. The van der Waals surface area contributed by atoms with Crippen molar-refractivity contribution >= 4 is 5.97 Å². The average molecular weight is 272 g/mol. The second-order valence-corrected chi connectivity index (χ2v) is 5.43. The number of carboxylic acids is 1. The first-order valence-electron chi connectivity index (χ1n) is 9.20. The fourth-order valence-corrected chi connectivity index (χ4v) is 2.23. The Morgan fingerprint density at radius 1 is 0.789 bits per heavy atom. The molecule has 0 aromatic carbocycles. The molecule has 0 saturated carbocycles. The molecule has 0 amide bonds. The predicted molar refractivity (Wildman–Crippen MR) is 82.6 cm³/mol. The van der Waals surface area contributed by atoms with Crippen LogP contribution in [0.3, 0.4) is 0 Å². The van der Waals surface area contributed by atoms with Gasteiger partial charge in [0.2, 0.25) is 0 Å². The van der Waals surface area contributed by atoms with Crippen LogP contribution in [0, 0.1) is 0 Å². The molecule has 0 aliphatic rings. The van der Waals surface area contributed by atoms with Crippen LogP contribution < -0.4 is 0 Å². The van der Waals surface area contributed by atoms with E-state index in [2.05, 4.69) is 6.92 Å². The van der Waals surface area contributed by atoms with Crippen LogP contribution in [0.1, 0.15) is 106 Å². The second-order valence-electron chi connectivity index (χ2n) is 5.43. The van der Waals surface area contributed by atoms with Crippen LogP contribution in [0.25, 0.3) is 0 Å². The zero-order valence-corrected chi connectivity index (χ0v) is 12.8. The van der Waals surface area contributed by atoms with Gasteiger partial charge in [-0.15, -0.1) is 0 Å². The van der Waals surface area contributed by atoms with E-state index in [0.29, 0.717) is 6.42 Å². The number of hydrogen-bond donors (Lipinski definition) is 1. The Morgan fingerprint density at radius 3 is 1.63 bits per heavy atom. The fraction of sp³-hybridized carbons (Fsp3) is 0.941. The predicted octanol–water partition coefficient (Wildman–Crippen LogP) is 5.94. The van der Waals surface area contributed by atoms with Crippen LogP contribution in [-0.4, -0.2) is 11.1 Å². The molecule has 0 heterocycles. The van der Waals surface area contributed by atoms with Gasteiger partial charge < -0.3 is 5.11 Å². The number of aliphatic carboxylic acids is 1. The molecule has 2 nitrogen and oxygen atoms in total. The van der Waals surface area contributed by atoms with E-state index in [0.717, 1.165) is 12.8 Å². The Hall–Kier alpha value is -0.530. The highest BCUT2D eigenvalue weighted by molar-refractivity contribution is 5.66. The van der Waals surface area contributed by atoms with E-state index in [1.54, 1.807) is 0 Å². The first-order chi connectivity index (χ1) is 9.98. The van der Waals surface area contributed by atoms with Gasteiger partial charge in [0.1, 0.15) is 0 Å². The van der Waals surface area contributed by atoms with Crippen molar-refractivity contribution in [3.63, 3.8) is 0 Å². The molecule has 0 spiro atoms. The molecule has 1 N–H and O–H groups in total. The Labute approximate surface area is 122 Å². The molecule has 19 heavy (non-hydrogen) atoms. The van der Waals surface area contributed by atoms with Crippen molar-refractivity contribution in [2.24, 2.45) is 0 Å². The number of rotatable bonds is 15. The highest BCUT2D eigenvalue weighted by Gasteiger charge is 1.96.